The molecule has 0 unspecified atom stereocenters. The third kappa shape index (κ3) is 5.82. The van der Waals surface area contributed by atoms with Crippen molar-refractivity contribution in [1.82, 2.24) is 20.6 Å². The number of nitrogens with zero attached hydrogens (tertiary/aromatic N) is 2. The van der Waals surface area contributed by atoms with Crippen LogP contribution in [-0.2, 0) is 26.5 Å². The number of nitrogens with one attached hydrogen (secondary N) is 2. The molecule has 2 amide bonds. The molecular weight excluding hydrogens is 451 g/mol. The molecule has 0 spiro atoms. The molecule has 3 rings (SSSR count). The zero-order valence-corrected chi connectivity index (χ0v) is 19.0. The highest BCUT2D eigenvalue weighted by molar-refractivity contribution is 7.92. The lowest BCUT2D eigenvalue weighted by Gasteiger charge is -2.15. The summed E-state index contributed by atoms with van der Waals surface area (Å²) in [5.41, 5.74) is 4.15. The summed E-state index contributed by atoms with van der Waals surface area (Å²) in [6, 6.07) is 12.9. The van der Waals surface area contributed by atoms with Crippen molar-refractivity contribution in [3.8, 4) is 11.3 Å². The number of amides is 2. The van der Waals surface area contributed by atoms with Crippen LogP contribution >= 0.6 is 0 Å². The van der Waals surface area contributed by atoms with Gasteiger partial charge in [0.05, 0.1) is 23.7 Å². The normalized spacial score (nSPS) is 12.2. The minimum absolute atomic E-state index is 0.0217. The number of aromatic nitrogens is 2. The van der Waals surface area contributed by atoms with Gasteiger partial charge in [-0.15, -0.1) is 0 Å². The molecule has 0 bridgehead atoms. The molecule has 174 valence electrons. The Kier molecular flexibility index (Phi) is 7.24. The van der Waals surface area contributed by atoms with Crippen molar-refractivity contribution in [1.29, 1.82) is 0 Å². The lowest BCUT2D eigenvalue weighted by atomic mass is 10.1. The van der Waals surface area contributed by atoms with Crippen LogP contribution in [0.5, 0.6) is 0 Å². The Labute approximate surface area is 190 Å². The molecule has 1 atom stereocenters. The van der Waals surface area contributed by atoms with Crippen molar-refractivity contribution in [3.63, 3.8) is 0 Å². The number of hydrogen-bond donors (Lipinski definition) is 2. The number of rotatable bonds is 8. The van der Waals surface area contributed by atoms with Gasteiger partial charge in [-0.3, -0.25) is 19.1 Å². The van der Waals surface area contributed by atoms with Crippen LogP contribution in [0.2, 0.25) is 0 Å². The van der Waals surface area contributed by atoms with Crippen LogP contribution in [0.25, 0.3) is 11.3 Å². The van der Waals surface area contributed by atoms with Crippen LogP contribution in [0.15, 0.2) is 59.5 Å². The Hall–Kier alpha value is -3.57. The van der Waals surface area contributed by atoms with Gasteiger partial charge >= 0.3 is 0 Å². The van der Waals surface area contributed by atoms with E-state index in [4.69, 9.17) is 0 Å². The fraction of sp³-hybridized carbons (Fsp3) is 0.227. The number of sulfone groups is 1. The quantitative estimate of drug-likeness (QED) is 0.483. The van der Waals surface area contributed by atoms with E-state index in [9.17, 15) is 22.4 Å². The second-order valence-electron chi connectivity index (χ2n) is 7.30. The zero-order chi connectivity index (χ0) is 24.2. The molecule has 0 saturated carbocycles. The predicted molar refractivity (Wildman–Crippen MR) is 118 cm³/mol. The van der Waals surface area contributed by atoms with Gasteiger partial charge in [0.15, 0.2) is 9.84 Å². The first-order chi connectivity index (χ1) is 15.6. The number of aryl methyl sites for hydroxylation is 1. The van der Waals surface area contributed by atoms with Gasteiger partial charge in [0, 0.05) is 12.6 Å². The third-order valence-electron chi connectivity index (χ3n) is 4.88. The lowest BCUT2D eigenvalue weighted by molar-refractivity contribution is -0.128. The number of hydrogen-bond acceptors (Lipinski definition) is 6. The summed E-state index contributed by atoms with van der Waals surface area (Å²) in [7, 11) is -0.993. The van der Waals surface area contributed by atoms with E-state index in [2.05, 4.69) is 15.3 Å². The molecule has 1 aromatic heterocycles. The predicted octanol–water partition coefficient (Wildman–Crippen LogP) is 2.17. The number of carbonyl (C=O) groups is 2. The van der Waals surface area contributed by atoms with Crippen LogP contribution in [0.4, 0.5) is 4.39 Å². The van der Waals surface area contributed by atoms with Gasteiger partial charge < -0.3 is 5.32 Å². The Morgan fingerprint density at radius 2 is 1.76 bits per heavy atom. The standard InChI is InChI=1S/C22H23FN4O5S/c1-14(15-6-10-18(11-7-15)33(30,31)13-21(28)26-32-3)24-22(29)20-12-19(25-27(20)2)16-4-8-17(23)9-5-16/h4-12,14H,13H2,1-3H3,(H,24,29)(H,26,28)/t14-/m1/s1. The average Bonchev–Trinajstić information content (AvgIpc) is 3.16. The van der Waals surface area contributed by atoms with E-state index in [1.54, 1.807) is 44.3 Å². The molecule has 2 N–H and O–H groups in total. The van der Waals surface area contributed by atoms with Crippen molar-refractivity contribution in [2.75, 3.05) is 12.9 Å². The average molecular weight is 475 g/mol. The van der Waals surface area contributed by atoms with E-state index in [1.165, 1.54) is 36.1 Å². The Morgan fingerprint density at radius 1 is 1.12 bits per heavy atom. The number of benzene rings is 2. The topological polar surface area (TPSA) is 119 Å². The van der Waals surface area contributed by atoms with Gasteiger partial charge in [-0.05, 0) is 55.0 Å². The summed E-state index contributed by atoms with van der Waals surface area (Å²) in [5.74, 6) is -2.26. The molecule has 0 aliphatic carbocycles. The molecule has 0 fully saturated rings. The van der Waals surface area contributed by atoms with Crippen molar-refractivity contribution < 1.29 is 27.2 Å². The van der Waals surface area contributed by atoms with Gasteiger partial charge in [0.25, 0.3) is 11.8 Å². The summed E-state index contributed by atoms with van der Waals surface area (Å²) in [6.07, 6.45) is 0. The highest BCUT2D eigenvalue weighted by atomic mass is 32.2. The molecule has 9 nitrogen and oxygen atoms in total. The highest BCUT2D eigenvalue weighted by Gasteiger charge is 2.21. The summed E-state index contributed by atoms with van der Waals surface area (Å²) in [4.78, 5) is 28.7. The van der Waals surface area contributed by atoms with Crippen molar-refractivity contribution in [2.24, 2.45) is 7.05 Å². The summed E-state index contributed by atoms with van der Waals surface area (Å²) >= 11 is 0. The summed E-state index contributed by atoms with van der Waals surface area (Å²) in [5, 5.41) is 7.16. The molecule has 0 saturated heterocycles. The number of hydroxylamine groups is 1. The molecule has 2 aromatic carbocycles. The van der Waals surface area contributed by atoms with Crippen LogP contribution in [0, 0.1) is 5.82 Å². The van der Waals surface area contributed by atoms with E-state index < -0.39 is 27.5 Å². The Morgan fingerprint density at radius 3 is 2.36 bits per heavy atom. The van der Waals surface area contributed by atoms with Crippen molar-refractivity contribution in [2.45, 2.75) is 17.9 Å². The summed E-state index contributed by atoms with van der Waals surface area (Å²) < 4.78 is 39.2. The second-order valence-corrected chi connectivity index (χ2v) is 9.29. The fourth-order valence-corrected chi connectivity index (χ4v) is 4.28. The van der Waals surface area contributed by atoms with E-state index in [0.29, 0.717) is 22.5 Å². The van der Waals surface area contributed by atoms with Crippen LogP contribution in [-0.4, -0.2) is 42.9 Å². The zero-order valence-electron chi connectivity index (χ0n) is 18.2. The molecular formula is C22H23FN4O5S. The monoisotopic (exact) mass is 474 g/mol. The molecule has 11 heteroatoms. The highest BCUT2D eigenvalue weighted by Crippen LogP contribution is 2.21. The maximum Gasteiger partial charge on any atom is 0.270 e. The van der Waals surface area contributed by atoms with Gasteiger partial charge in [0.2, 0.25) is 0 Å². The first-order valence-electron chi connectivity index (χ1n) is 9.86. The number of carbonyl (C=O) groups excluding carboxylic acids is 2. The fourth-order valence-electron chi connectivity index (χ4n) is 3.16. The Bertz CT molecular complexity index is 1250. The van der Waals surface area contributed by atoms with E-state index in [-0.39, 0.29) is 16.6 Å². The molecule has 0 radical (unpaired) electrons. The van der Waals surface area contributed by atoms with Gasteiger partial charge in [-0.2, -0.15) is 5.10 Å². The van der Waals surface area contributed by atoms with Crippen molar-refractivity contribution in [3.05, 3.63) is 71.7 Å². The first-order valence-corrected chi connectivity index (χ1v) is 11.5. The maximum absolute atomic E-state index is 13.2. The minimum Gasteiger partial charge on any atom is -0.344 e. The molecule has 0 aliphatic heterocycles. The Balaban J connectivity index is 1.70. The summed E-state index contributed by atoms with van der Waals surface area (Å²) in [6.45, 7) is 1.75. The molecule has 1 heterocycles. The minimum atomic E-state index is -3.84. The van der Waals surface area contributed by atoms with E-state index in [1.807, 2.05) is 5.48 Å². The van der Waals surface area contributed by atoms with Gasteiger partial charge in [-0.1, -0.05) is 12.1 Å². The molecule has 3 aromatic rings. The van der Waals surface area contributed by atoms with E-state index in [0.717, 1.165) is 0 Å². The maximum atomic E-state index is 13.2. The third-order valence-corrected chi connectivity index (χ3v) is 6.51. The van der Waals surface area contributed by atoms with Crippen LogP contribution in [0.3, 0.4) is 0 Å². The van der Waals surface area contributed by atoms with Gasteiger partial charge in [-0.25, -0.2) is 18.3 Å². The van der Waals surface area contributed by atoms with Crippen molar-refractivity contribution >= 4 is 21.7 Å². The van der Waals surface area contributed by atoms with E-state index >= 15 is 0 Å². The first kappa shape index (κ1) is 24.1. The van der Waals surface area contributed by atoms with Crippen LogP contribution < -0.4 is 10.8 Å². The molecule has 33 heavy (non-hydrogen) atoms. The van der Waals surface area contributed by atoms with Crippen LogP contribution in [0.1, 0.15) is 29.0 Å². The van der Waals surface area contributed by atoms with Gasteiger partial charge in [0.1, 0.15) is 17.3 Å². The smallest absolute Gasteiger partial charge is 0.270 e. The number of halogens is 1. The lowest BCUT2D eigenvalue weighted by Crippen LogP contribution is -2.29. The second kappa shape index (κ2) is 9.92. The molecule has 0 aliphatic rings. The SMILES string of the molecule is CONC(=O)CS(=O)(=O)c1ccc([C@@H](C)NC(=O)c2cc(-c3ccc(F)cc3)nn2C)cc1. The largest absolute Gasteiger partial charge is 0.344 e.